The largest absolute Gasteiger partial charge is 0.352 e. The Balaban J connectivity index is 1.13. The molecule has 10 nitrogen and oxygen atoms in total. The summed E-state index contributed by atoms with van der Waals surface area (Å²) in [5.74, 6) is 1.33. The lowest BCUT2D eigenvalue weighted by Crippen LogP contribution is -2.49. The van der Waals surface area contributed by atoms with E-state index < -0.39 is 0 Å². The molecule has 1 saturated heterocycles. The van der Waals surface area contributed by atoms with Gasteiger partial charge in [0.1, 0.15) is 18.3 Å². The second kappa shape index (κ2) is 8.39. The van der Waals surface area contributed by atoms with Crippen molar-refractivity contribution < 1.29 is 4.79 Å². The molecule has 34 heavy (non-hydrogen) atoms. The fraction of sp³-hybridized carbons (Fsp3) is 0.167. The summed E-state index contributed by atoms with van der Waals surface area (Å²) in [5, 5.41) is 22.2. The number of hydrogen-bond donors (Lipinski definition) is 1. The molecule has 2 aromatic carbocycles. The number of H-pyrrole nitrogens is 1. The van der Waals surface area contributed by atoms with Crippen molar-refractivity contribution in [2.24, 2.45) is 0 Å². The quantitative estimate of drug-likeness (QED) is 0.447. The van der Waals surface area contributed by atoms with Crippen LogP contribution in [0.25, 0.3) is 27.8 Å². The summed E-state index contributed by atoms with van der Waals surface area (Å²) in [6.07, 6.45) is 3.03. The number of rotatable bonds is 4. The first-order chi connectivity index (χ1) is 16.8. The third-order valence-electron chi connectivity index (χ3n) is 6.05. The van der Waals surface area contributed by atoms with Crippen LogP contribution in [0.4, 0.5) is 5.82 Å². The molecule has 0 radical (unpaired) electrons. The molecular formula is C24H21N9O. The van der Waals surface area contributed by atoms with Crippen LogP contribution >= 0.6 is 0 Å². The molecule has 4 heterocycles. The lowest BCUT2D eigenvalue weighted by molar-refractivity contribution is 0.0740. The number of benzene rings is 2. The zero-order valence-corrected chi connectivity index (χ0v) is 18.2. The molecule has 168 valence electrons. The second-order valence-corrected chi connectivity index (χ2v) is 8.06. The summed E-state index contributed by atoms with van der Waals surface area (Å²) in [4.78, 5) is 21.0. The first-order valence-corrected chi connectivity index (χ1v) is 11.0. The van der Waals surface area contributed by atoms with Crippen molar-refractivity contribution in [2.45, 2.75) is 0 Å². The van der Waals surface area contributed by atoms with Crippen LogP contribution in [0.5, 0.6) is 0 Å². The first-order valence-electron chi connectivity index (χ1n) is 11.0. The van der Waals surface area contributed by atoms with Crippen LogP contribution in [0, 0.1) is 0 Å². The van der Waals surface area contributed by atoms with Gasteiger partial charge in [-0.2, -0.15) is 10.2 Å². The van der Waals surface area contributed by atoms with E-state index in [0.29, 0.717) is 37.7 Å². The Labute approximate surface area is 194 Å². The highest BCUT2D eigenvalue weighted by molar-refractivity contribution is 5.98. The third-order valence-corrected chi connectivity index (χ3v) is 6.05. The number of amides is 1. The molecule has 0 atom stereocenters. The number of piperazine rings is 1. The van der Waals surface area contributed by atoms with Crippen LogP contribution in [0.1, 0.15) is 10.5 Å². The fourth-order valence-corrected chi connectivity index (χ4v) is 4.26. The Morgan fingerprint density at radius 1 is 0.882 bits per heavy atom. The van der Waals surface area contributed by atoms with E-state index in [4.69, 9.17) is 0 Å². The number of fused-ring (bicyclic) bond motifs is 1. The van der Waals surface area contributed by atoms with Gasteiger partial charge in [0.15, 0.2) is 11.6 Å². The van der Waals surface area contributed by atoms with Crippen molar-refractivity contribution in [1.82, 2.24) is 40.1 Å². The van der Waals surface area contributed by atoms with Gasteiger partial charge in [-0.25, -0.2) is 9.67 Å². The minimum Gasteiger partial charge on any atom is -0.352 e. The van der Waals surface area contributed by atoms with Gasteiger partial charge in [0.2, 0.25) is 0 Å². The van der Waals surface area contributed by atoms with Crippen molar-refractivity contribution in [3.63, 3.8) is 0 Å². The maximum atomic E-state index is 13.1. The summed E-state index contributed by atoms with van der Waals surface area (Å²) in [6.45, 7) is 2.53. The van der Waals surface area contributed by atoms with Gasteiger partial charge < -0.3 is 9.80 Å². The smallest absolute Gasteiger partial charge is 0.272 e. The topological polar surface area (TPSA) is 109 Å². The third kappa shape index (κ3) is 3.64. The van der Waals surface area contributed by atoms with Crippen LogP contribution in [-0.2, 0) is 0 Å². The van der Waals surface area contributed by atoms with Gasteiger partial charge in [0, 0.05) is 31.7 Å². The fourth-order valence-electron chi connectivity index (χ4n) is 4.26. The Hall–Kier alpha value is -4.60. The molecule has 0 saturated carbocycles. The van der Waals surface area contributed by atoms with E-state index >= 15 is 0 Å². The van der Waals surface area contributed by atoms with Gasteiger partial charge in [-0.3, -0.25) is 9.89 Å². The Kier molecular flexibility index (Phi) is 4.95. The van der Waals surface area contributed by atoms with Gasteiger partial charge in [0.05, 0.1) is 5.69 Å². The number of anilines is 1. The molecule has 1 aliphatic rings. The van der Waals surface area contributed by atoms with Crippen LogP contribution in [-0.4, -0.2) is 72.1 Å². The van der Waals surface area contributed by atoms with Crippen molar-refractivity contribution in [3.05, 3.63) is 79.0 Å². The molecule has 1 aliphatic heterocycles. The van der Waals surface area contributed by atoms with E-state index in [1.807, 2.05) is 47.4 Å². The van der Waals surface area contributed by atoms with Crippen LogP contribution < -0.4 is 4.90 Å². The van der Waals surface area contributed by atoms with E-state index in [0.717, 1.165) is 27.8 Å². The highest BCUT2D eigenvalue weighted by atomic mass is 16.2. The standard InChI is InChI=1S/C24H21N9O/c34-24(21-14-20(27-28-21)19-7-3-5-17-4-1-2-6-18(17)19)32-12-10-31(11-13-32)22-8-9-23(30-29-22)33-16-25-15-26-33/h1-9,14-16H,10-13H2,(H,27,28). The van der Waals surface area contributed by atoms with E-state index in [-0.39, 0.29) is 5.91 Å². The van der Waals surface area contributed by atoms with Crippen molar-refractivity contribution >= 4 is 22.5 Å². The van der Waals surface area contributed by atoms with Gasteiger partial charge in [0.25, 0.3) is 5.91 Å². The molecule has 0 aliphatic carbocycles. The first kappa shape index (κ1) is 20.0. The van der Waals surface area contributed by atoms with E-state index in [2.05, 4.69) is 53.6 Å². The predicted octanol–water partition coefficient (Wildman–Crippen LogP) is 2.56. The number of carbonyl (C=O) groups is 1. The van der Waals surface area contributed by atoms with Crippen LogP contribution in [0.15, 0.2) is 73.3 Å². The summed E-state index contributed by atoms with van der Waals surface area (Å²) in [6, 6.07) is 19.9. The highest BCUT2D eigenvalue weighted by Gasteiger charge is 2.24. The number of nitrogens with zero attached hydrogens (tertiary/aromatic N) is 8. The molecule has 5 aromatic rings. The molecular weight excluding hydrogens is 430 g/mol. The van der Waals surface area contributed by atoms with Crippen LogP contribution in [0.3, 0.4) is 0 Å². The number of carbonyl (C=O) groups excluding carboxylic acids is 1. The summed E-state index contributed by atoms with van der Waals surface area (Å²) >= 11 is 0. The van der Waals surface area contributed by atoms with Gasteiger partial charge in [-0.1, -0.05) is 42.5 Å². The molecule has 1 N–H and O–H groups in total. The molecule has 0 spiro atoms. The molecule has 0 bridgehead atoms. The molecule has 1 fully saturated rings. The van der Waals surface area contributed by atoms with Gasteiger partial charge in [-0.05, 0) is 29.0 Å². The number of nitrogens with one attached hydrogen (secondary N) is 1. The lowest BCUT2D eigenvalue weighted by atomic mass is 10.0. The minimum absolute atomic E-state index is 0.0498. The zero-order chi connectivity index (χ0) is 22.9. The molecule has 1 amide bonds. The maximum Gasteiger partial charge on any atom is 0.272 e. The van der Waals surface area contributed by atoms with Crippen molar-refractivity contribution in [3.8, 4) is 17.1 Å². The average molecular weight is 451 g/mol. The number of hydrogen-bond acceptors (Lipinski definition) is 7. The summed E-state index contributed by atoms with van der Waals surface area (Å²) < 4.78 is 1.56. The summed E-state index contributed by atoms with van der Waals surface area (Å²) in [7, 11) is 0. The van der Waals surface area contributed by atoms with E-state index in [1.54, 1.807) is 11.0 Å². The summed E-state index contributed by atoms with van der Waals surface area (Å²) in [5.41, 5.74) is 2.26. The van der Waals surface area contributed by atoms with Gasteiger partial charge in [-0.15, -0.1) is 10.2 Å². The van der Waals surface area contributed by atoms with E-state index in [1.165, 1.54) is 6.33 Å². The zero-order valence-electron chi connectivity index (χ0n) is 18.2. The second-order valence-electron chi connectivity index (χ2n) is 8.06. The molecule has 0 unspecified atom stereocenters. The maximum absolute atomic E-state index is 13.1. The van der Waals surface area contributed by atoms with Gasteiger partial charge >= 0.3 is 0 Å². The monoisotopic (exact) mass is 451 g/mol. The molecule has 6 rings (SSSR count). The van der Waals surface area contributed by atoms with Crippen molar-refractivity contribution in [1.29, 1.82) is 0 Å². The molecule has 10 heteroatoms. The highest BCUT2D eigenvalue weighted by Crippen LogP contribution is 2.28. The average Bonchev–Trinajstić information content (AvgIpc) is 3.61. The Bertz CT molecular complexity index is 1430. The van der Waals surface area contributed by atoms with Crippen LogP contribution in [0.2, 0.25) is 0 Å². The number of aromatic nitrogens is 7. The number of aromatic amines is 1. The van der Waals surface area contributed by atoms with Crippen molar-refractivity contribution in [2.75, 3.05) is 31.1 Å². The normalized spacial score (nSPS) is 14.0. The Morgan fingerprint density at radius 3 is 2.47 bits per heavy atom. The Morgan fingerprint density at radius 2 is 1.68 bits per heavy atom. The molecule has 3 aromatic heterocycles. The minimum atomic E-state index is -0.0498. The van der Waals surface area contributed by atoms with E-state index in [9.17, 15) is 4.79 Å². The lowest BCUT2D eigenvalue weighted by Gasteiger charge is -2.34. The predicted molar refractivity (Wildman–Crippen MR) is 127 cm³/mol. The SMILES string of the molecule is O=C(c1cc(-c2cccc3ccccc23)n[nH]1)N1CCN(c2ccc(-n3cncn3)nn2)CC1.